The van der Waals surface area contributed by atoms with Crippen molar-refractivity contribution in [3.63, 3.8) is 0 Å². The second kappa shape index (κ2) is 5.09. The summed E-state index contributed by atoms with van der Waals surface area (Å²) < 4.78 is 0. The van der Waals surface area contributed by atoms with Gasteiger partial charge in [0.05, 0.1) is 21.4 Å². The molecular weight excluding hydrogens is 267 g/mol. The fourth-order valence-electron chi connectivity index (χ4n) is 1.71. The van der Waals surface area contributed by atoms with Crippen LogP contribution in [0.2, 0.25) is 10.0 Å². The highest BCUT2D eigenvalue weighted by atomic mass is 35.5. The summed E-state index contributed by atoms with van der Waals surface area (Å²) in [4.78, 5) is 0. The third-order valence-electron chi connectivity index (χ3n) is 2.74. The number of hydrogen-bond acceptors (Lipinski definition) is 2. The molecule has 2 nitrogen and oxygen atoms in total. The van der Waals surface area contributed by atoms with Gasteiger partial charge < -0.3 is 11.1 Å². The van der Waals surface area contributed by atoms with Gasteiger partial charge in [-0.1, -0.05) is 29.3 Å². The van der Waals surface area contributed by atoms with Crippen LogP contribution in [0, 0.1) is 13.8 Å². The topological polar surface area (TPSA) is 38.0 Å². The van der Waals surface area contributed by atoms with Gasteiger partial charge in [-0.05, 0) is 49.2 Å². The number of hydrogen-bond donors (Lipinski definition) is 2. The van der Waals surface area contributed by atoms with Gasteiger partial charge in [-0.3, -0.25) is 0 Å². The molecule has 0 aliphatic rings. The molecule has 0 atom stereocenters. The van der Waals surface area contributed by atoms with Gasteiger partial charge in [-0.2, -0.15) is 0 Å². The van der Waals surface area contributed by atoms with Crippen molar-refractivity contribution in [2.24, 2.45) is 0 Å². The van der Waals surface area contributed by atoms with Crippen LogP contribution < -0.4 is 11.1 Å². The minimum atomic E-state index is 0.534. The first-order valence-electron chi connectivity index (χ1n) is 5.56. The monoisotopic (exact) mass is 280 g/mol. The van der Waals surface area contributed by atoms with E-state index in [4.69, 9.17) is 28.9 Å². The molecule has 2 aromatic carbocycles. The van der Waals surface area contributed by atoms with Gasteiger partial charge in [0.25, 0.3) is 0 Å². The summed E-state index contributed by atoms with van der Waals surface area (Å²) in [6.45, 7) is 3.97. The van der Waals surface area contributed by atoms with Crippen LogP contribution in [0.25, 0.3) is 0 Å². The maximum absolute atomic E-state index is 6.18. The zero-order valence-electron chi connectivity index (χ0n) is 10.2. The van der Waals surface area contributed by atoms with Crippen molar-refractivity contribution in [3.8, 4) is 0 Å². The van der Waals surface area contributed by atoms with Gasteiger partial charge in [0.1, 0.15) is 0 Å². The Kier molecular flexibility index (Phi) is 3.69. The Labute approximate surface area is 117 Å². The van der Waals surface area contributed by atoms with Crippen molar-refractivity contribution < 1.29 is 0 Å². The van der Waals surface area contributed by atoms with Crippen LogP contribution in [0.1, 0.15) is 11.1 Å². The molecule has 2 rings (SSSR count). The summed E-state index contributed by atoms with van der Waals surface area (Å²) in [6, 6.07) is 9.51. The predicted molar refractivity (Wildman–Crippen MR) is 80.1 cm³/mol. The first kappa shape index (κ1) is 13.1. The molecule has 0 amide bonds. The average molecular weight is 281 g/mol. The van der Waals surface area contributed by atoms with Gasteiger partial charge in [-0.25, -0.2) is 0 Å². The number of anilines is 3. The molecule has 94 valence electrons. The standard InChI is InChI=1S/C14H14Cl2N2/c1-8-3-4-13(11(16)5-8)18-14-7-10(15)12(17)6-9(14)2/h3-7,18H,17H2,1-2H3. The first-order chi connectivity index (χ1) is 8.47. The van der Waals surface area contributed by atoms with E-state index < -0.39 is 0 Å². The molecule has 3 N–H and O–H groups in total. The minimum absolute atomic E-state index is 0.534. The molecule has 0 bridgehead atoms. The summed E-state index contributed by atoms with van der Waals surface area (Å²) in [7, 11) is 0. The van der Waals surface area contributed by atoms with E-state index >= 15 is 0 Å². The highest BCUT2D eigenvalue weighted by molar-refractivity contribution is 6.34. The number of halogens is 2. The lowest BCUT2D eigenvalue weighted by Gasteiger charge is -2.13. The van der Waals surface area contributed by atoms with Gasteiger partial charge in [-0.15, -0.1) is 0 Å². The molecule has 0 saturated carbocycles. The van der Waals surface area contributed by atoms with Crippen molar-refractivity contribution in [3.05, 3.63) is 51.5 Å². The van der Waals surface area contributed by atoms with E-state index in [-0.39, 0.29) is 0 Å². The second-order valence-electron chi connectivity index (χ2n) is 4.30. The molecule has 2 aromatic rings. The third kappa shape index (κ3) is 2.71. The summed E-state index contributed by atoms with van der Waals surface area (Å²) in [6.07, 6.45) is 0. The molecule has 0 saturated heterocycles. The molecular formula is C14H14Cl2N2. The lowest BCUT2D eigenvalue weighted by molar-refractivity contribution is 1.41. The Morgan fingerprint density at radius 1 is 0.944 bits per heavy atom. The second-order valence-corrected chi connectivity index (χ2v) is 5.11. The Bertz CT molecular complexity index is 595. The van der Waals surface area contributed by atoms with E-state index in [1.54, 1.807) is 0 Å². The SMILES string of the molecule is Cc1ccc(Nc2cc(Cl)c(N)cc2C)c(Cl)c1. The minimum Gasteiger partial charge on any atom is -0.398 e. The number of nitrogens with two attached hydrogens (primary N) is 1. The van der Waals surface area contributed by atoms with E-state index in [0.29, 0.717) is 15.7 Å². The fraction of sp³-hybridized carbons (Fsp3) is 0.143. The first-order valence-corrected chi connectivity index (χ1v) is 6.32. The van der Waals surface area contributed by atoms with Crippen LogP contribution >= 0.6 is 23.2 Å². The molecule has 0 aromatic heterocycles. The van der Waals surface area contributed by atoms with Gasteiger partial charge >= 0.3 is 0 Å². The lowest BCUT2D eigenvalue weighted by Crippen LogP contribution is -1.96. The highest BCUT2D eigenvalue weighted by Crippen LogP contribution is 2.31. The molecule has 18 heavy (non-hydrogen) atoms. The van der Waals surface area contributed by atoms with Crippen molar-refractivity contribution >= 4 is 40.3 Å². The van der Waals surface area contributed by atoms with Crippen molar-refractivity contribution in [1.82, 2.24) is 0 Å². The molecule has 0 fully saturated rings. The summed E-state index contributed by atoms with van der Waals surface area (Å²) >= 11 is 12.2. The molecule has 0 heterocycles. The zero-order chi connectivity index (χ0) is 13.3. The third-order valence-corrected chi connectivity index (χ3v) is 3.38. The Balaban J connectivity index is 2.37. The van der Waals surface area contributed by atoms with E-state index in [9.17, 15) is 0 Å². The number of aryl methyl sites for hydroxylation is 2. The molecule has 0 spiro atoms. The summed E-state index contributed by atoms with van der Waals surface area (Å²) in [5.41, 5.74) is 10.2. The van der Waals surface area contributed by atoms with Crippen LogP contribution in [0.4, 0.5) is 17.1 Å². The largest absolute Gasteiger partial charge is 0.398 e. The van der Waals surface area contributed by atoms with Crippen LogP contribution in [-0.2, 0) is 0 Å². The maximum Gasteiger partial charge on any atom is 0.0656 e. The van der Waals surface area contributed by atoms with Crippen molar-refractivity contribution in [2.45, 2.75) is 13.8 Å². The van der Waals surface area contributed by atoms with E-state index in [1.807, 2.05) is 44.2 Å². The molecule has 0 aliphatic heterocycles. The molecule has 0 radical (unpaired) electrons. The normalized spacial score (nSPS) is 10.4. The lowest BCUT2D eigenvalue weighted by atomic mass is 10.1. The zero-order valence-corrected chi connectivity index (χ0v) is 11.7. The Hall–Kier alpha value is -1.38. The fourth-order valence-corrected chi connectivity index (χ4v) is 2.15. The van der Waals surface area contributed by atoms with Gasteiger partial charge in [0.15, 0.2) is 0 Å². The molecule has 0 unspecified atom stereocenters. The highest BCUT2D eigenvalue weighted by Gasteiger charge is 2.06. The Morgan fingerprint density at radius 2 is 1.67 bits per heavy atom. The van der Waals surface area contributed by atoms with Gasteiger partial charge in [0.2, 0.25) is 0 Å². The van der Waals surface area contributed by atoms with E-state index in [2.05, 4.69) is 5.32 Å². The van der Waals surface area contributed by atoms with Crippen LogP contribution in [0.15, 0.2) is 30.3 Å². The molecule has 0 aliphatic carbocycles. The number of benzene rings is 2. The number of nitrogens with one attached hydrogen (secondary N) is 1. The molecule has 4 heteroatoms. The van der Waals surface area contributed by atoms with Crippen LogP contribution in [0.5, 0.6) is 0 Å². The van der Waals surface area contributed by atoms with Crippen molar-refractivity contribution in [1.29, 1.82) is 0 Å². The van der Waals surface area contributed by atoms with Crippen molar-refractivity contribution in [2.75, 3.05) is 11.1 Å². The average Bonchev–Trinajstić information content (AvgIpc) is 2.29. The quantitative estimate of drug-likeness (QED) is 0.765. The Morgan fingerprint density at radius 3 is 2.33 bits per heavy atom. The van der Waals surface area contributed by atoms with E-state index in [1.165, 1.54) is 0 Å². The number of nitrogen functional groups attached to an aromatic ring is 1. The summed E-state index contributed by atoms with van der Waals surface area (Å²) in [5.74, 6) is 0. The van der Waals surface area contributed by atoms with Gasteiger partial charge in [0, 0.05) is 5.69 Å². The predicted octanol–water partition coefficient (Wildman–Crippen LogP) is 4.94. The summed E-state index contributed by atoms with van der Waals surface area (Å²) in [5, 5.41) is 4.48. The number of rotatable bonds is 2. The van der Waals surface area contributed by atoms with Crippen LogP contribution in [-0.4, -0.2) is 0 Å². The van der Waals surface area contributed by atoms with E-state index in [0.717, 1.165) is 22.5 Å². The maximum atomic E-state index is 6.18. The van der Waals surface area contributed by atoms with Crippen LogP contribution in [0.3, 0.4) is 0 Å². The smallest absolute Gasteiger partial charge is 0.0656 e.